The minimum Gasteiger partial charge on any atom is -0.368 e. The number of aryl methyl sites for hydroxylation is 1. The highest BCUT2D eigenvalue weighted by Crippen LogP contribution is 2.17. The molecule has 9 heteroatoms. The number of rotatable bonds is 5. The van der Waals surface area contributed by atoms with Gasteiger partial charge in [-0.1, -0.05) is 0 Å². The number of nitrogens with one attached hydrogen (secondary N) is 1. The zero-order chi connectivity index (χ0) is 14.8. The number of halogens is 2. The lowest BCUT2D eigenvalue weighted by Gasteiger charge is -2.06. The summed E-state index contributed by atoms with van der Waals surface area (Å²) in [5.41, 5.74) is 1.36. The van der Waals surface area contributed by atoms with Crippen LogP contribution in [0.15, 0.2) is 24.7 Å². The Balaban J connectivity index is 1.72. The number of nitrogens with zero attached hydrogens (tertiary/aromatic N) is 6. The monoisotopic (exact) mass is 293 g/mol. The Labute approximate surface area is 118 Å². The van der Waals surface area contributed by atoms with Crippen LogP contribution in [0.2, 0.25) is 0 Å². The molecule has 3 aromatic heterocycles. The fourth-order valence-electron chi connectivity index (χ4n) is 1.98. The lowest BCUT2D eigenvalue weighted by Crippen LogP contribution is -2.10. The lowest BCUT2D eigenvalue weighted by molar-refractivity contribution is 0.137. The fourth-order valence-corrected chi connectivity index (χ4v) is 1.98. The predicted octanol–water partition coefficient (Wildman–Crippen LogP) is 1.45. The number of anilines is 1. The van der Waals surface area contributed by atoms with E-state index >= 15 is 0 Å². The first kappa shape index (κ1) is 13.4. The molecule has 0 aromatic carbocycles. The Bertz CT molecular complexity index is 749. The molecule has 21 heavy (non-hydrogen) atoms. The van der Waals surface area contributed by atoms with Gasteiger partial charge in [-0.3, -0.25) is 0 Å². The highest BCUT2D eigenvalue weighted by atomic mass is 19.3. The number of imidazole rings is 1. The van der Waals surface area contributed by atoms with E-state index in [9.17, 15) is 8.78 Å². The Morgan fingerprint density at radius 1 is 1.29 bits per heavy atom. The second kappa shape index (κ2) is 5.43. The molecule has 0 bridgehead atoms. The van der Waals surface area contributed by atoms with Crippen LogP contribution in [-0.4, -0.2) is 35.9 Å². The molecular weight excluding hydrogens is 280 g/mol. The average molecular weight is 293 g/mol. The SMILES string of the molecule is Cn1cncc1CCNc1ccc2nnc(C(F)F)n2n1. The van der Waals surface area contributed by atoms with Crippen molar-refractivity contribution >= 4 is 11.5 Å². The van der Waals surface area contributed by atoms with Crippen LogP contribution in [-0.2, 0) is 13.5 Å². The van der Waals surface area contributed by atoms with Crippen LogP contribution in [0.3, 0.4) is 0 Å². The van der Waals surface area contributed by atoms with Crippen molar-refractivity contribution in [1.82, 2.24) is 29.4 Å². The van der Waals surface area contributed by atoms with Crippen LogP contribution >= 0.6 is 0 Å². The third-order valence-electron chi connectivity index (χ3n) is 3.09. The summed E-state index contributed by atoms with van der Waals surface area (Å²) in [6.45, 7) is 0.615. The molecule has 0 saturated carbocycles. The molecule has 0 spiro atoms. The van der Waals surface area contributed by atoms with Gasteiger partial charge in [-0.25, -0.2) is 13.8 Å². The third kappa shape index (κ3) is 2.67. The topological polar surface area (TPSA) is 72.9 Å². The molecule has 3 aromatic rings. The molecule has 7 nitrogen and oxygen atoms in total. The summed E-state index contributed by atoms with van der Waals surface area (Å²) < 4.78 is 28.5. The van der Waals surface area contributed by atoms with Gasteiger partial charge in [-0.05, 0) is 12.1 Å². The van der Waals surface area contributed by atoms with E-state index in [0.29, 0.717) is 18.0 Å². The second-order valence-corrected chi connectivity index (χ2v) is 4.52. The van der Waals surface area contributed by atoms with Crippen molar-refractivity contribution < 1.29 is 8.78 Å². The van der Waals surface area contributed by atoms with E-state index in [4.69, 9.17) is 0 Å². The summed E-state index contributed by atoms with van der Waals surface area (Å²) in [5.74, 6) is 0.0339. The van der Waals surface area contributed by atoms with E-state index in [1.54, 1.807) is 24.7 Å². The highest BCUT2D eigenvalue weighted by Gasteiger charge is 2.16. The van der Waals surface area contributed by atoms with Crippen LogP contribution < -0.4 is 5.32 Å². The average Bonchev–Trinajstić information content (AvgIpc) is 3.05. The van der Waals surface area contributed by atoms with Gasteiger partial charge >= 0.3 is 0 Å². The number of alkyl halides is 2. The number of fused-ring (bicyclic) bond motifs is 1. The lowest BCUT2D eigenvalue weighted by atomic mass is 10.3. The predicted molar refractivity (Wildman–Crippen MR) is 71.1 cm³/mol. The molecule has 0 aliphatic carbocycles. The van der Waals surface area contributed by atoms with E-state index in [1.165, 1.54) is 0 Å². The minimum absolute atomic E-state index is 0.294. The second-order valence-electron chi connectivity index (χ2n) is 4.52. The number of hydrogen-bond acceptors (Lipinski definition) is 5. The molecule has 0 atom stereocenters. The third-order valence-corrected chi connectivity index (χ3v) is 3.09. The highest BCUT2D eigenvalue weighted by molar-refractivity contribution is 5.44. The Kier molecular flexibility index (Phi) is 3.46. The van der Waals surface area contributed by atoms with E-state index in [2.05, 4.69) is 25.6 Å². The Morgan fingerprint density at radius 3 is 2.86 bits per heavy atom. The van der Waals surface area contributed by atoms with Crippen molar-refractivity contribution in [1.29, 1.82) is 0 Å². The minimum atomic E-state index is -2.71. The fraction of sp³-hybridized carbons (Fsp3) is 0.333. The standard InChI is InChI=1S/C12H13F2N7/c1-20-7-15-6-8(20)4-5-16-9-2-3-10-17-18-12(11(13)14)21(10)19-9/h2-3,6-7,11H,4-5H2,1H3,(H,16,19). The van der Waals surface area contributed by atoms with Crippen molar-refractivity contribution in [3.05, 3.63) is 36.2 Å². The summed E-state index contributed by atoms with van der Waals surface area (Å²) >= 11 is 0. The quantitative estimate of drug-likeness (QED) is 0.771. The van der Waals surface area contributed by atoms with Crippen molar-refractivity contribution in [2.75, 3.05) is 11.9 Å². The molecule has 0 saturated heterocycles. The molecule has 0 unspecified atom stereocenters. The van der Waals surface area contributed by atoms with E-state index < -0.39 is 12.2 Å². The van der Waals surface area contributed by atoms with E-state index in [1.807, 2.05) is 11.6 Å². The molecule has 0 amide bonds. The summed E-state index contributed by atoms with van der Waals surface area (Å²) in [5, 5.41) is 14.2. The molecular formula is C12H13F2N7. The Hall–Kier alpha value is -2.58. The zero-order valence-electron chi connectivity index (χ0n) is 11.2. The van der Waals surface area contributed by atoms with Crippen molar-refractivity contribution in [2.45, 2.75) is 12.8 Å². The van der Waals surface area contributed by atoms with E-state index in [-0.39, 0.29) is 0 Å². The van der Waals surface area contributed by atoms with Gasteiger partial charge in [0.2, 0.25) is 5.82 Å². The van der Waals surface area contributed by atoms with Gasteiger partial charge in [0.1, 0.15) is 5.82 Å². The van der Waals surface area contributed by atoms with Crippen molar-refractivity contribution in [2.24, 2.45) is 7.05 Å². The zero-order valence-corrected chi connectivity index (χ0v) is 11.2. The first-order valence-corrected chi connectivity index (χ1v) is 6.35. The maximum atomic E-state index is 12.8. The molecule has 3 rings (SSSR count). The van der Waals surface area contributed by atoms with Crippen LogP contribution in [0, 0.1) is 0 Å². The molecule has 110 valence electrons. The van der Waals surface area contributed by atoms with Gasteiger partial charge in [0, 0.05) is 31.9 Å². The number of aromatic nitrogens is 6. The summed E-state index contributed by atoms with van der Waals surface area (Å²) in [6.07, 6.45) is 1.55. The van der Waals surface area contributed by atoms with Gasteiger partial charge in [-0.2, -0.15) is 4.52 Å². The Morgan fingerprint density at radius 2 is 2.14 bits per heavy atom. The van der Waals surface area contributed by atoms with Crippen LogP contribution in [0.4, 0.5) is 14.6 Å². The normalized spacial score (nSPS) is 11.4. The van der Waals surface area contributed by atoms with Gasteiger partial charge < -0.3 is 9.88 Å². The summed E-state index contributed by atoms with van der Waals surface area (Å²) in [4.78, 5) is 4.03. The van der Waals surface area contributed by atoms with Crippen LogP contribution in [0.5, 0.6) is 0 Å². The molecule has 0 fully saturated rings. The summed E-state index contributed by atoms with van der Waals surface area (Å²) in [6, 6.07) is 3.28. The molecule has 0 aliphatic heterocycles. The van der Waals surface area contributed by atoms with Crippen LogP contribution in [0.1, 0.15) is 17.9 Å². The smallest absolute Gasteiger partial charge is 0.299 e. The van der Waals surface area contributed by atoms with Crippen molar-refractivity contribution in [3.8, 4) is 0 Å². The van der Waals surface area contributed by atoms with Crippen molar-refractivity contribution in [3.63, 3.8) is 0 Å². The van der Waals surface area contributed by atoms with E-state index in [0.717, 1.165) is 16.6 Å². The summed E-state index contributed by atoms with van der Waals surface area (Å²) in [7, 11) is 1.92. The molecule has 0 aliphatic rings. The van der Waals surface area contributed by atoms with Gasteiger partial charge in [0.25, 0.3) is 6.43 Å². The molecule has 3 heterocycles. The first-order valence-electron chi connectivity index (χ1n) is 6.35. The first-order chi connectivity index (χ1) is 10.1. The maximum Gasteiger partial charge on any atom is 0.299 e. The largest absolute Gasteiger partial charge is 0.368 e. The molecule has 0 radical (unpaired) electrons. The van der Waals surface area contributed by atoms with Gasteiger partial charge in [0.05, 0.1) is 6.33 Å². The van der Waals surface area contributed by atoms with Crippen LogP contribution in [0.25, 0.3) is 5.65 Å². The molecule has 1 N–H and O–H groups in total. The maximum absolute atomic E-state index is 12.8. The van der Waals surface area contributed by atoms with Gasteiger partial charge in [0.15, 0.2) is 5.65 Å². The van der Waals surface area contributed by atoms with Gasteiger partial charge in [-0.15, -0.1) is 15.3 Å². The number of hydrogen-bond donors (Lipinski definition) is 1.